The van der Waals surface area contributed by atoms with Gasteiger partial charge in [-0.15, -0.1) is 0 Å². The lowest BCUT2D eigenvalue weighted by molar-refractivity contribution is -0.152. The Morgan fingerprint density at radius 2 is 1.65 bits per heavy atom. The first kappa shape index (κ1) is 18.2. The number of likely N-dealkylation sites (N-methyl/N-ethyl adjacent to an activating group) is 1. The third-order valence-corrected chi connectivity index (χ3v) is 4.82. The summed E-state index contributed by atoms with van der Waals surface area (Å²) in [6, 6.07) is 0.693. The average molecular weight is 326 g/mol. The second kappa shape index (κ2) is 8.61. The molecule has 132 valence electrons. The topological polar surface area (TPSA) is 56.3 Å². The highest BCUT2D eigenvalue weighted by atomic mass is 16.5. The fourth-order valence-corrected chi connectivity index (χ4v) is 3.15. The number of hydrogen-bond donors (Lipinski definition) is 0. The lowest BCUT2D eigenvalue weighted by Crippen LogP contribution is -2.53. The molecule has 0 aromatic carbocycles. The zero-order chi connectivity index (χ0) is 16.8. The van der Waals surface area contributed by atoms with Crippen LogP contribution in [0.25, 0.3) is 0 Å². The van der Waals surface area contributed by atoms with Crippen LogP contribution in [0.15, 0.2) is 0 Å². The number of carbonyl (C=O) groups excluding carboxylic acids is 2. The zero-order valence-electron chi connectivity index (χ0n) is 14.7. The minimum atomic E-state index is -0.312. The molecule has 2 fully saturated rings. The Balaban J connectivity index is 1.64. The van der Waals surface area contributed by atoms with Gasteiger partial charge in [-0.1, -0.05) is 0 Å². The van der Waals surface area contributed by atoms with Crippen molar-refractivity contribution >= 4 is 11.9 Å². The first-order chi connectivity index (χ1) is 11.0. The Bertz CT molecular complexity index is 400. The molecule has 0 radical (unpaired) electrons. The van der Waals surface area contributed by atoms with Crippen molar-refractivity contribution in [2.75, 3.05) is 73.6 Å². The van der Waals surface area contributed by atoms with Crippen molar-refractivity contribution < 1.29 is 14.3 Å². The van der Waals surface area contributed by atoms with Crippen LogP contribution in [0.5, 0.6) is 0 Å². The smallest absolute Gasteiger partial charge is 0.320 e. The maximum Gasteiger partial charge on any atom is 0.320 e. The van der Waals surface area contributed by atoms with E-state index < -0.39 is 0 Å². The number of ether oxygens (including phenoxy) is 1. The van der Waals surface area contributed by atoms with Gasteiger partial charge in [-0.3, -0.25) is 19.4 Å². The molecule has 2 rings (SSSR count). The SMILES string of the molecule is CN1CCC(N2CCN(CC(=O)OCC(=O)N(C)C)CC2)CC1. The number of esters is 1. The molecule has 1 amide bonds. The van der Waals surface area contributed by atoms with Gasteiger partial charge in [0.1, 0.15) is 0 Å². The number of hydrogen-bond acceptors (Lipinski definition) is 6. The predicted molar refractivity (Wildman–Crippen MR) is 88.2 cm³/mol. The molecule has 0 aliphatic carbocycles. The van der Waals surface area contributed by atoms with E-state index in [1.165, 1.54) is 30.8 Å². The van der Waals surface area contributed by atoms with Crippen molar-refractivity contribution in [3.8, 4) is 0 Å². The summed E-state index contributed by atoms with van der Waals surface area (Å²) in [5, 5.41) is 0. The van der Waals surface area contributed by atoms with Gasteiger partial charge < -0.3 is 14.5 Å². The number of piperidine rings is 1. The van der Waals surface area contributed by atoms with Crippen LogP contribution in [0.1, 0.15) is 12.8 Å². The van der Waals surface area contributed by atoms with E-state index in [-0.39, 0.29) is 25.0 Å². The summed E-state index contributed by atoms with van der Waals surface area (Å²) in [7, 11) is 5.48. The molecule has 2 heterocycles. The normalized spacial score (nSPS) is 22.0. The summed E-state index contributed by atoms with van der Waals surface area (Å²) in [4.78, 5) is 31.7. The van der Waals surface area contributed by atoms with Gasteiger partial charge in [0.2, 0.25) is 0 Å². The van der Waals surface area contributed by atoms with Gasteiger partial charge in [0, 0.05) is 46.3 Å². The van der Waals surface area contributed by atoms with Gasteiger partial charge in [-0.2, -0.15) is 0 Å². The Hall–Kier alpha value is -1.18. The maximum absolute atomic E-state index is 11.8. The molecule has 0 spiro atoms. The van der Waals surface area contributed by atoms with E-state index in [0.29, 0.717) is 6.04 Å². The summed E-state index contributed by atoms with van der Waals surface area (Å²) in [6.45, 7) is 6.28. The number of amides is 1. The van der Waals surface area contributed by atoms with Crippen molar-refractivity contribution in [2.24, 2.45) is 0 Å². The molecule has 0 bridgehead atoms. The Morgan fingerprint density at radius 3 is 2.22 bits per heavy atom. The number of likely N-dealkylation sites (tertiary alicyclic amines) is 1. The summed E-state index contributed by atoms with van der Waals surface area (Å²) in [5.74, 6) is -0.502. The molecule has 0 atom stereocenters. The Labute approximate surface area is 139 Å². The van der Waals surface area contributed by atoms with Crippen LogP contribution >= 0.6 is 0 Å². The fraction of sp³-hybridized carbons (Fsp3) is 0.875. The van der Waals surface area contributed by atoms with Crippen LogP contribution in [0, 0.1) is 0 Å². The summed E-state index contributed by atoms with van der Waals surface area (Å²) >= 11 is 0. The molecule has 0 saturated carbocycles. The molecular formula is C16H30N4O3. The van der Waals surface area contributed by atoms with Gasteiger partial charge in [0.15, 0.2) is 6.61 Å². The van der Waals surface area contributed by atoms with E-state index in [1.54, 1.807) is 14.1 Å². The molecule has 0 aromatic rings. The predicted octanol–water partition coefficient (Wildman–Crippen LogP) is -0.670. The highest BCUT2D eigenvalue weighted by Crippen LogP contribution is 2.17. The molecule has 2 aliphatic rings. The van der Waals surface area contributed by atoms with Gasteiger partial charge in [-0.05, 0) is 33.0 Å². The molecule has 7 nitrogen and oxygen atoms in total. The largest absolute Gasteiger partial charge is 0.455 e. The van der Waals surface area contributed by atoms with Crippen LogP contribution in [-0.4, -0.2) is 111 Å². The number of piperazine rings is 1. The van der Waals surface area contributed by atoms with Gasteiger partial charge in [0.05, 0.1) is 6.54 Å². The molecule has 2 aliphatic heterocycles. The first-order valence-corrected chi connectivity index (χ1v) is 8.46. The molecular weight excluding hydrogens is 296 g/mol. The van der Waals surface area contributed by atoms with Gasteiger partial charge >= 0.3 is 5.97 Å². The van der Waals surface area contributed by atoms with E-state index in [1.807, 2.05) is 0 Å². The van der Waals surface area contributed by atoms with E-state index in [2.05, 4.69) is 21.7 Å². The van der Waals surface area contributed by atoms with Gasteiger partial charge in [-0.25, -0.2) is 0 Å². The number of carbonyl (C=O) groups is 2. The Kier molecular flexibility index (Phi) is 6.80. The third kappa shape index (κ3) is 5.75. The first-order valence-electron chi connectivity index (χ1n) is 8.46. The van der Waals surface area contributed by atoms with Crippen molar-refractivity contribution in [3.63, 3.8) is 0 Å². The van der Waals surface area contributed by atoms with E-state index >= 15 is 0 Å². The van der Waals surface area contributed by atoms with Crippen LogP contribution in [0.4, 0.5) is 0 Å². The molecule has 23 heavy (non-hydrogen) atoms. The number of rotatable bonds is 5. The lowest BCUT2D eigenvalue weighted by atomic mass is 10.0. The Morgan fingerprint density at radius 1 is 1.04 bits per heavy atom. The zero-order valence-corrected chi connectivity index (χ0v) is 14.7. The standard InChI is InChI=1S/C16H30N4O3/c1-17(2)15(21)13-23-16(22)12-19-8-10-20(11-9-19)14-4-6-18(3)7-5-14/h14H,4-13H2,1-3H3. The highest BCUT2D eigenvalue weighted by Gasteiger charge is 2.27. The molecule has 0 aromatic heterocycles. The fourth-order valence-electron chi connectivity index (χ4n) is 3.15. The quantitative estimate of drug-likeness (QED) is 0.625. The molecule has 2 saturated heterocycles. The monoisotopic (exact) mass is 326 g/mol. The van der Waals surface area contributed by atoms with Crippen LogP contribution in [0.3, 0.4) is 0 Å². The molecule has 0 N–H and O–H groups in total. The van der Waals surface area contributed by atoms with E-state index in [4.69, 9.17) is 4.74 Å². The van der Waals surface area contributed by atoms with E-state index in [9.17, 15) is 9.59 Å². The van der Waals surface area contributed by atoms with Crippen molar-refractivity contribution in [3.05, 3.63) is 0 Å². The molecule has 7 heteroatoms. The second-order valence-electron chi connectivity index (χ2n) is 6.80. The second-order valence-corrected chi connectivity index (χ2v) is 6.80. The third-order valence-electron chi connectivity index (χ3n) is 4.82. The maximum atomic E-state index is 11.8. The van der Waals surface area contributed by atoms with Crippen LogP contribution in [0.2, 0.25) is 0 Å². The van der Waals surface area contributed by atoms with Crippen molar-refractivity contribution in [1.29, 1.82) is 0 Å². The average Bonchev–Trinajstić information content (AvgIpc) is 2.54. The minimum absolute atomic E-state index is 0.165. The van der Waals surface area contributed by atoms with Crippen molar-refractivity contribution in [1.82, 2.24) is 19.6 Å². The van der Waals surface area contributed by atoms with E-state index in [0.717, 1.165) is 26.2 Å². The lowest BCUT2D eigenvalue weighted by Gasteiger charge is -2.42. The minimum Gasteiger partial charge on any atom is -0.455 e. The van der Waals surface area contributed by atoms with Crippen molar-refractivity contribution in [2.45, 2.75) is 18.9 Å². The van der Waals surface area contributed by atoms with Gasteiger partial charge in [0.25, 0.3) is 5.91 Å². The summed E-state index contributed by atoms with van der Waals surface area (Å²) in [5.41, 5.74) is 0. The highest BCUT2D eigenvalue weighted by molar-refractivity contribution is 5.80. The summed E-state index contributed by atoms with van der Waals surface area (Å²) in [6.07, 6.45) is 2.48. The van der Waals surface area contributed by atoms with Crippen LogP contribution < -0.4 is 0 Å². The van der Waals surface area contributed by atoms with Crippen LogP contribution in [-0.2, 0) is 14.3 Å². The number of nitrogens with zero attached hydrogens (tertiary/aromatic N) is 4. The summed E-state index contributed by atoms with van der Waals surface area (Å²) < 4.78 is 5.03. The molecule has 0 unspecified atom stereocenters.